The van der Waals surface area contributed by atoms with Gasteiger partial charge in [0.25, 0.3) is 0 Å². The number of benzene rings is 1. The number of nitrogens with one attached hydrogen (secondary N) is 1. The molecule has 0 saturated heterocycles. The Bertz CT molecular complexity index is 884. The Morgan fingerprint density at radius 3 is 2.79 bits per heavy atom. The van der Waals surface area contributed by atoms with E-state index in [0.29, 0.717) is 11.3 Å². The molecule has 2 aromatic rings. The molecule has 1 N–H and O–H groups in total. The molecule has 0 saturated carbocycles. The quantitative estimate of drug-likeness (QED) is 0.394. The number of aryl methyl sites for hydroxylation is 2. The Morgan fingerprint density at radius 1 is 1.43 bits per heavy atom. The van der Waals surface area contributed by atoms with Crippen LogP contribution in [0.15, 0.2) is 29.4 Å². The van der Waals surface area contributed by atoms with Crippen LogP contribution in [0.5, 0.6) is 11.5 Å². The van der Waals surface area contributed by atoms with Crippen molar-refractivity contribution in [1.29, 1.82) is 0 Å². The molecule has 0 aliphatic rings. The minimum absolute atomic E-state index is 0.00149. The second-order valence-electron chi connectivity index (χ2n) is 5.46. The number of carbonyl (C=O) groups is 1. The number of nitrogens with zero attached hydrogens (tertiary/aromatic N) is 4. The van der Waals surface area contributed by atoms with Crippen molar-refractivity contribution in [2.75, 3.05) is 7.11 Å². The number of ether oxygens (including phenoxy) is 2. The third-order valence-corrected chi connectivity index (χ3v) is 3.51. The first kappa shape index (κ1) is 20.7. The molecule has 28 heavy (non-hydrogen) atoms. The van der Waals surface area contributed by atoms with E-state index < -0.39 is 17.4 Å². The standard InChI is InChI=1S/C16H17F2N5O5/c1-10-7-14(23(25)26)21-22(10)6-5-15(24)20-19-9-11-3-4-12(28-16(17)18)13(8-11)27-2/h3-4,7-9,16H,5-6H2,1-2H3,(H,20,24)/b19-9+. The maximum Gasteiger partial charge on any atom is 0.390 e. The van der Waals surface area contributed by atoms with E-state index in [0.717, 1.165) is 0 Å². The van der Waals surface area contributed by atoms with Gasteiger partial charge in [0, 0.05) is 6.42 Å². The van der Waals surface area contributed by atoms with E-state index >= 15 is 0 Å². The van der Waals surface area contributed by atoms with E-state index in [1.807, 2.05) is 0 Å². The molecule has 0 spiro atoms. The van der Waals surface area contributed by atoms with E-state index in [2.05, 4.69) is 20.4 Å². The van der Waals surface area contributed by atoms with Gasteiger partial charge in [0.2, 0.25) is 5.91 Å². The topological polar surface area (TPSA) is 121 Å². The normalized spacial score (nSPS) is 11.0. The first-order chi connectivity index (χ1) is 13.3. The van der Waals surface area contributed by atoms with Crippen LogP contribution in [0.4, 0.5) is 14.6 Å². The Morgan fingerprint density at radius 2 is 2.18 bits per heavy atom. The van der Waals surface area contributed by atoms with Gasteiger partial charge in [-0.3, -0.25) is 4.79 Å². The number of rotatable bonds is 9. The number of hydrogen-bond donors (Lipinski definition) is 1. The molecule has 150 valence electrons. The summed E-state index contributed by atoms with van der Waals surface area (Å²) in [5.41, 5.74) is 3.34. The molecule has 0 aliphatic heterocycles. The van der Waals surface area contributed by atoms with Crippen molar-refractivity contribution in [3.8, 4) is 11.5 Å². The fraction of sp³-hybridized carbons (Fsp3) is 0.312. The predicted octanol–water partition coefficient (Wildman–Crippen LogP) is 2.25. The van der Waals surface area contributed by atoms with Crippen LogP contribution in [0.25, 0.3) is 0 Å². The lowest BCUT2D eigenvalue weighted by Crippen LogP contribution is -2.20. The molecule has 10 nitrogen and oxygen atoms in total. The van der Waals surface area contributed by atoms with Crippen molar-refractivity contribution in [1.82, 2.24) is 15.2 Å². The van der Waals surface area contributed by atoms with E-state index in [1.54, 1.807) is 6.92 Å². The summed E-state index contributed by atoms with van der Waals surface area (Å²) in [5.74, 6) is -0.753. The monoisotopic (exact) mass is 397 g/mol. The number of nitro groups is 1. The van der Waals surface area contributed by atoms with Gasteiger partial charge in [0.15, 0.2) is 11.5 Å². The van der Waals surface area contributed by atoms with E-state index in [9.17, 15) is 23.7 Å². The van der Waals surface area contributed by atoms with Gasteiger partial charge in [-0.15, -0.1) is 0 Å². The summed E-state index contributed by atoms with van der Waals surface area (Å²) in [6, 6.07) is 5.48. The minimum Gasteiger partial charge on any atom is -0.493 e. The third-order valence-electron chi connectivity index (χ3n) is 3.51. The molecule has 0 fully saturated rings. The second kappa shape index (κ2) is 9.39. The first-order valence-electron chi connectivity index (χ1n) is 7.93. The summed E-state index contributed by atoms with van der Waals surface area (Å²) in [4.78, 5) is 21.9. The van der Waals surface area contributed by atoms with Crippen LogP contribution in [-0.4, -0.2) is 40.5 Å². The zero-order valence-corrected chi connectivity index (χ0v) is 15.0. The van der Waals surface area contributed by atoms with Crippen LogP contribution in [-0.2, 0) is 11.3 Å². The predicted molar refractivity (Wildman–Crippen MR) is 93.6 cm³/mol. The number of alkyl halides is 2. The highest BCUT2D eigenvalue weighted by atomic mass is 19.3. The third kappa shape index (κ3) is 5.72. The van der Waals surface area contributed by atoms with Gasteiger partial charge in [0.1, 0.15) is 0 Å². The molecular formula is C16H17F2N5O5. The number of aromatic nitrogens is 2. The van der Waals surface area contributed by atoms with Crippen LogP contribution >= 0.6 is 0 Å². The highest BCUT2D eigenvalue weighted by Crippen LogP contribution is 2.28. The summed E-state index contributed by atoms with van der Waals surface area (Å²) in [7, 11) is 1.30. The molecule has 0 aliphatic carbocycles. The highest BCUT2D eigenvalue weighted by molar-refractivity contribution is 5.83. The second-order valence-corrected chi connectivity index (χ2v) is 5.46. The van der Waals surface area contributed by atoms with E-state index in [-0.39, 0.29) is 30.3 Å². The summed E-state index contributed by atoms with van der Waals surface area (Å²) in [6.45, 7) is -1.19. The number of amides is 1. The maximum absolute atomic E-state index is 12.3. The van der Waals surface area contributed by atoms with Crippen molar-refractivity contribution in [2.24, 2.45) is 5.10 Å². The van der Waals surface area contributed by atoms with Gasteiger partial charge >= 0.3 is 12.4 Å². The van der Waals surface area contributed by atoms with Crippen LogP contribution in [0.1, 0.15) is 17.7 Å². The van der Waals surface area contributed by atoms with Gasteiger partial charge in [-0.1, -0.05) is 0 Å². The average molecular weight is 397 g/mol. The fourth-order valence-electron chi connectivity index (χ4n) is 2.21. The lowest BCUT2D eigenvalue weighted by Gasteiger charge is -2.09. The van der Waals surface area contributed by atoms with Gasteiger partial charge in [0.05, 0.1) is 36.7 Å². The average Bonchev–Trinajstić information content (AvgIpc) is 3.02. The molecule has 1 heterocycles. The molecule has 1 amide bonds. The van der Waals surface area contributed by atoms with Gasteiger partial charge in [-0.25, -0.2) is 5.43 Å². The first-order valence-corrected chi connectivity index (χ1v) is 7.93. The Labute approximate surface area is 157 Å². The largest absolute Gasteiger partial charge is 0.493 e. The lowest BCUT2D eigenvalue weighted by atomic mass is 10.2. The summed E-state index contributed by atoms with van der Waals surface area (Å²) in [6.07, 6.45) is 1.30. The fourth-order valence-corrected chi connectivity index (χ4v) is 2.21. The van der Waals surface area contributed by atoms with Crippen molar-refractivity contribution < 1.29 is 28.0 Å². The molecule has 1 aromatic carbocycles. The zero-order valence-electron chi connectivity index (χ0n) is 15.0. The maximum atomic E-state index is 12.3. The van der Waals surface area contributed by atoms with Gasteiger partial charge < -0.3 is 19.6 Å². The van der Waals surface area contributed by atoms with Crippen molar-refractivity contribution >= 4 is 17.9 Å². The van der Waals surface area contributed by atoms with Crippen molar-refractivity contribution in [2.45, 2.75) is 26.5 Å². The SMILES string of the molecule is COc1cc(/C=N/NC(=O)CCn2nc([N+](=O)[O-])cc2C)ccc1OC(F)F. The summed E-state index contributed by atoms with van der Waals surface area (Å²) >= 11 is 0. The molecule has 0 bridgehead atoms. The zero-order chi connectivity index (χ0) is 20.7. The smallest absolute Gasteiger partial charge is 0.390 e. The van der Waals surface area contributed by atoms with Crippen LogP contribution in [0.3, 0.4) is 0 Å². The number of halogens is 2. The number of hydrogen-bond acceptors (Lipinski definition) is 7. The molecule has 12 heteroatoms. The molecule has 0 unspecified atom stereocenters. The lowest BCUT2D eigenvalue weighted by molar-refractivity contribution is -0.389. The Kier molecular flexibility index (Phi) is 6.96. The van der Waals surface area contributed by atoms with E-state index in [1.165, 1.54) is 42.3 Å². The molecule has 0 radical (unpaired) electrons. The molecular weight excluding hydrogens is 380 g/mol. The molecule has 1 aromatic heterocycles. The summed E-state index contributed by atoms with van der Waals surface area (Å²) < 4.78 is 35.2. The minimum atomic E-state index is -2.98. The Balaban J connectivity index is 1.90. The number of carbonyl (C=O) groups excluding carboxylic acids is 1. The van der Waals surface area contributed by atoms with Crippen LogP contribution < -0.4 is 14.9 Å². The summed E-state index contributed by atoms with van der Waals surface area (Å²) in [5, 5.41) is 18.2. The number of hydrazone groups is 1. The van der Waals surface area contributed by atoms with Crippen LogP contribution in [0, 0.1) is 17.0 Å². The number of methoxy groups -OCH3 is 1. The van der Waals surface area contributed by atoms with Crippen molar-refractivity contribution in [3.05, 3.63) is 45.6 Å². The molecule has 0 atom stereocenters. The van der Waals surface area contributed by atoms with Crippen LogP contribution in [0.2, 0.25) is 0 Å². The highest BCUT2D eigenvalue weighted by Gasteiger charge is 2.16. The molecule has 2 rings (SSSR count). The Hall–Kier alpha value is -3.57. The van der Waals surface area contributed by atoms with Gasteiger partial charge in [-0.2, -0.15) is 18.6 Å². The van der Waals surface area contributed by atoms with Gasteiger partial charge in [-0.05, 0) is 35.6 Å². The van der Waals surface area contributed by atoms with E-state index in [4.69, 9.17) is 4.74 Å². The van der Waals surface area contributed by atoms with Crippen molar-refractivity contribution in [3.63, 3.8) is 0 Å².